The number of hydrogen-bond donors (Lipinski definition) is 1. The molecule has 0 amide bonds. The summed E-state index contributed by atoms with van der Waals surface area (Å²) < 4.78 is 5.09. The highest BCUT2D eigenvalue weighted by molar-refractivity contribution is 8.15. The molecule has 0 bridgehead atoms. The monoisotopic (exact) mass is 306 g/mol. The second kappa shape index (κ2) is 6.58. The van der Waals surface area contributed by atoms with E-state index >= 15 is 0 Å². The van der Waals surface area contributed by atoms with Crippen LogP contribution in [0, 0.1) is 0 Å². The van der Waals surface area contributed by atoms with E-state index in [-0.39, 0.29) is 24.4 Å². The third-order valence-corrected chi connectivity index (χ3v) is 4.05. The first-order valence-corrected chi connectivity index (χ1v) is 7.21. The maximum Gasteiger partial charge on any atom is 0.307 e. The number of aliphatic hydroxyl groups excluding tert-OH is 1. The fourth-order valence-corrected chi connectivity index (χ4v) is 2.99. The van der Waals surface area contributed by atoms with Crippen LogP contribution in [0.5, 0.6) is 0 Å². The van der Waals surface area contributed by atoms with Gasteiger partial charge in [0.2, 0.25) is 5.12 Å². The van der Waals surface area contributed by atoms with Gasteiger partial charge in [0, 0.05) is 0 Å². The van der Waals surface area contributed by atoms with E-state index in [0.29, 0.717) is 0 Å². The minimum atomic E-state index is -0.736. The molecule has 0 spiro atoms. The predicted molar refractivity (Wildman–Crippen MR) is 77.6 cm³/mol. The Labute approximate surface area is 126 Å². The minimum absolute atomic E-state index is 0.134. The summed E-state index contributed by atoms with van der Waals surface area (Å²) in [6.07, 6.45) is -0.147. The van der Waals surface area contributed by atoms with Crippen molar-refractivity contribution >= 4 is 28.6 Å². The van der Waals surface area contributed by atoms with Gasteiger partial charge in [0.15, 0.2) is 5.78 Å². The van der Waals surface area contributed by atoms with E-state index in [4.69, 9.17) is 4.74 Å². The van der Waals surface area contributed by atoms with Gasteiger partial charge in [-0.1, -0.05) is 42.1 Å². The summed E-state index contributed by atoms with van der Waals surface area (Å²) >= 11 is 0.775. The summed E-state index contributed by atoms with van der Waals surface area (Å²) in [5.41, 5.74) is 0.631. The highest BCUT2D eigenvalue weighted by Crippen LogP contribution is 2.35. The fourth-order valence-electron chi connectivity index (χ4n) is 1.92. The topological polar surface area (TPSA) is 80.7 Å². The van der Waals surface area contributed by atoms with Crippen molar-refractivity contribution in [1.29, 1.82) is 0 Å². The molecule has 1 N–H and O–H groups in total. The van der Waals surface area contributed by atoms with Crippen LogP contribution in [0.15, 0.2) is 41.7 Å². The SMILES string of the molecule is CC(=O)C1=C(O)C(CC(=O)OCc2ccccc2)SC1=O. The Kier molecular flexibility index (Phi) is 4.80. The normalized spacial score (nSPS) is 18.0. The van der Waals surface area contributed by atoms with Crippen molar-refractivity contribution < 1.29 is 24.2 Å². The number of hydrogen-bond acceptors (Lipinski definition) is 6. The van der Waals surface area contributed by atoms with Crippen LogP contribution in [0.1, 0.15) is 18.9 Å². The van der Waals surface area contributed by atoms with Gasteiger partial charge < -0.3 is 9.84 Å². The number of aliphatic hydroxyl groups is 1. The summed E-state index contributed by atoms with van der Waals surface area (Å²) in [6, 6.07) is 9.18. The van der Waals surface area contributed by atoms with Crippen molar-refractivity contribution in [2.45, 2.75) is 25.2 Å². The zero-order chi connectivity index (χ0) is 15.4. The molecule has 1 unspecified atom stereocenters. The summed E-state index contributed by atoms with van der Waals surface area (Å²) in [5.74, 6) is -1.35. The van der Waals surface area contributed by atoms with Crippen LogP contribution in [-0.2, 0) is 25.7 Å². The molecule has 0 saturated carbocycles. The standard InChI is InChI=1S/C15H14O5S/c1-9(16)13-14(18)11(21-15(13)19)7-12(17)20-8-10-5-3-2-4-6-10/h2-6,11,18H,7-8H2,1H3. The van der Waals surface area contributed by atoms with Gasteiger partial charge in [-0.25, -0.2) is 0 Å². The molecule has 1 aromatic carbocycles. The highest BCUT2D eigenvalue weighted by Gasteiger charge is 2.37. The smallest absolute Gasteiger partial charge is 0.307 e. The van der Waals surface area contributed by atoms with E-state index in [9.17, 15) is 19.5 Å². The molecule has 2 rings (SSSR count). The van der Waals surface area contributed by atoms with Gasteiger partial charge in [-0.05, 0) is 12.5 Å². The van der Waals surface area contributed by atoms with Crippen LogP contribution < -0.4 is 0 Å². The van der Waals surface area contributed by atoms with E-state index < -0.39 is 22.1 Å². The van der Waals surface area contributed by atoms with Crippen molar-refractivity contribution in [2.75, 3.05) is 0 Å². The maximum absolute atomic E-state index is 11.7. The number of ether oxygens (including phenoxy) is 1. The van der Waals surface area contributed by atoms with Crippen molar-refractivity contribution in [2.24, 2.45) is 0 Å². The van der Waals surface area contributed by atoms with Crippen LogP contribution >= 0.6 is 11.8 Å². The van der Waals surface area contributed by atoms with E-state index in [1.165, 1.54) is 6.92 Å². The predicted octanol–water partition coefficient (Wildman–Crippen LogP) is 2.16. The second-order valence-electron chi connectivity index (χ2n) is 4.56. The van der Waals surface area contributed by atoms with E-state index in [2.05, 4.69) is 0 Å². The molecule has 1 aliphatic heterocycles. The Morgan fingerprint density at radius 1 is 1.29 bits per heavy atom. The third kappa shape index (κ3) is 3.72. The lowest BCUT2D eigenvalue weighted by molar-refractivity contribution is -0.144. The van der Waals surface area contributed by atoms with Gasteiger partial charge in [0.05, 0.1) is 11.7 Å². The van der Waals surface area contributed by atoms with Gasteiger partial charge in [-0.15, -0.1) is 0 Å². The zero-order valence-corrected chi connectivity index (χ0v) is 12.2. The number of thioether (sulfide) groups is 1. The van der Waals surface area contributed by atoms with Gasteiger partial charge >= 0.3 is 5.97 Å². The average molecular weight is 306 g/mol. The van der Waals surface area contributed by atoms with Crippen molar-refractivity contribution in [1.82, 2.24) is 0 Å². The molecule has 0 aliphatic carbocycles. The Balaban J connectivity index is 1.92. The number of benzene rings is 1. The minimum Gasteiger partial charge on any atom is -0.510 e. The molecule has 1 aliphatic rings. The van der Waals surface area contributed by atoms with E-state index in [0.717, 1.165) is 17.3 Å². The number of carbonyl (C=O) groups excluding carboxylic acids is 3. The largest absolute Gasteiger partial charge is 0.510 e. The first-order valence-electron chi connectivity index (χ1n) is 6.33. The number of rotatable bonds is 5. The van der Waals surface area contributed by atoms with Crippen molar-refractivity contribution in [3.8, 4) is 0 Å². The lowest BCUT2D eigenvalue weighted by atomic mass is 10.1. The van der Waals surface area contributed by atoms with Gasteiger partial charge in [0.25, 0.3) is 0 Å². The lowest BCUT2D eigenvalue weighted by Crippen LogP contribution is -2.14. The second-order valence-corrected chi connectivity index (χ2v) is 5.74. The summed E-state index contributed by atoms with van der Waals surface area (Å²) in [4.78, 5) is 34.5. The third-order valence-electron chi connectivity index (χ3n) is 2.96. The van der Waals surface area contributed by atoms with Crippen LogP contribution in [0.4, 0.5) is 0 Å². The summed E-state index contributed by atoms with van der Waals surface area (Å²) in [6.45, 7) is 1.34. The zero-order valence-electron chi connectivity index (χ0n) is 11.4. The molecule has 1 heterocycles. The number of ketones is 1. The highest BCUT2D eigenvalue weighted by atomic mass is 32.2. The molecule has 1 atom stereocenters. The maximum atomic E-state index is 11.7. The molecule has 1 aromatic rings. The van der Waals surface area contributed by atoms with E-state index in [1.807, 2.05) is 30.3 Å². The Hall–Kier alpha value is -2.08. The molecular weight excluding hydrogens is 292 g/mol. The molecule has 21 heavy (non-hydrogen) atoms. The Morgan fingerprint density at radius 2 is 1.95 bits per heavy atom. The summed E-state index contributed by atoms with van der Waals surface area (Å²) in [7, 11) is 0. The quantitative estimate of drug-likeness (QED) is 0.663. The molecule has 6 heteroatoms. The Bertz CT molecular complexity index is 606. The van der Waals surface area contributed by atoms with Crippen molar-refractivity contribution in [3.63, 3.8) is 0 Å². The molecular formula is C15H14O5S. The Morgan fingerprint density at radius 3 is 2.52 bits per heavy atom. The molecule has 0 saturated heterocycles. The van der Waals surface area contributed by atoms with Crippen LogP contribution in [-0.4, -0.2) is 27.2 Å². The lowest BCUT2D eigenvalue weighted by Gasteiger charge is -2.09. The van der Waals surface area contributed by atoms with Crippen LogP contribution in [0.25, 0.3) is 0 Å². The number of carbonyl (C=O) groups is 3. The van der Waals surface area contributed by atoms with Crippen LogP contribution in [0.3, 0.4) is 0 Å². The average Bonchev–Trinajstić information content (AvgIpc) is 2.72. The molecule has 0 fully saturated rings. The van der Waals surface area contributed by atoms with Gasteiger partial charge in [-0.2, -0.15) is 0 Å². The first-order chi connectivity index (χ1) is 9.99. The molecule has 0 radical (unpaired) electrons. The van der Waals surface area contributed by atoms with Crippen molar-refractivity contribution in [3.05, 3.63) is 47.2 Å². The molecule has 0 aromatic heterocycles. The van der Waals surface area contributed by atoms with Gasteiger partial charge in [0.1, 0.15) is 17.9 Å². The molecule has 110 valence electrons. The molecule has 5 nitrogen and oxygen atoms in total. The van der Waals surface area contributed by atoms with Crippen LogP contribution in [0.2, 0.25) is 0 Å². The number of esters is 1. The first kappa shape index (κ1) is 15.3. The summed E-state index contributed by atoms with van der Waals surface area (Å²) in [5, 5.41) is 8.60. The fraction of sp³-hybridized carbons (Fsp3) is 0.267. The van der Waals surface area contributed by atoms with Gasteiger partial charge in [-0.3, -0.25) is 14.4 Å². The number of Topliss-reactive ketones (excluding diaryl/α,β-unsaturated/α-hetero) is 1. The van der Waals surface area contributed by atoms with E-state index in [1.54, 1.807) is 0 Å².